The topological polar surface area (TPSA) is 62.7 Å². The van der Waals surface area contributed by atoms with E-state index in [9.17, 15) is 0 Å². The van der Waals surface area contributed by atoms with Gasteiger partial charge in [-0.3, -0.25) is 0 Å². The first-order chi connectivity index (χ1) is 8.22. The van der Waals surface area contributed by atoms with Crippen LogP contribution in [0.4, 0.5) is 11.6 Å². The van der Waals surface area contributed by atoms with Gasteiger partial charge >= 0.3 is 0 Å². The molecule has 2 heterocycles. The van der Waals surface area contributed by atoms with E-state index in [1.54, 1.807) is 17.7 Å². The lowest BCUT2D eigenvalue weighted by atomic mass is 10.3. The van der Waals surface area contributed by atoms with Gasteiger partial charge in [-0.15, -0.1) is 11.3 Å². The summed E-state index contributed by atoms with van der Waals surface area (Å²) < 4.78 is 0. The van der Waals surface area contributed by atoms with E-state index in [0.717, 1.165) is 29.4 Å². The van der Waals surface area contributed by atoms with Gasteiger partial charge in [-0.25, -0.2) is 15.0 Å². The molecule has 0 saturated carbocycles. The summed E-state index contributed by atoms with van der Waals surface area (Å²) in [5.74, 6) is 1.71. The summed E-state index contributed by atoms with van der Waals surface area (Å²) in [5, 5.41) is 6.35. The molecule has 0 saturated heterocycles. The number of aryl methyl sites for hydroxylation is 1. The molecule has 0 aromatic carbocycles. The molecule has 0 aliphatic heterocycles. The molecule has 0 aliphatic carbocycles. The number of anilines is 2. The highest BCUT2D eigenvalue weighted by molar-refractivity contribution is 7.09. The molecule has 6 heteroatoms. The number of nitrogens with zero attached hydrogens (tertiary/aromatic N) is 3. The van der Waals surface area contributed by atoms with E-state index in [1.165, 1.54) is 4.88 Å². The maximum absolute atomic E-state index is 4.24. The van der Waals surface area contributed by atoms with Crippen LogP contribution in [0.25, 0.3) is 0 Å². The molecular formula is C11H15N5S. The summed E-state index contributed by atoms with van der Waals surface area (Å²) in [6, 6.07) is 0. The van der Waals surface area contributed by atoms with Crippen LogP contribution in [0.3, 0.4) is 0 Å². The third-order valence-corrected chi connectivity index (χ3v) is 3.52. The van der Waals surface area contributed by atoms with Gasteiger partial charge in [-0.2, -0.15) is 0 Å². The molecule has 0 fully saturated rings. The predicted octanol–water partition coefficient (Wildman–Crippen LogP) is 2.20. The fourth-order valence-electron chi connectivity index (χ4n) is 1.54. The SMILES string of the molecule is CNc1ncnc(NCc2scnc2C)c1C. The van der Waals surface area contributed by atoms with Gasteiger partial charge in [0.25, 0.3) is 0 Å². The molecule has 17 heavy (non-hydrogen) atoms. The molecule has 0 unspecified atom stereocenters. The second-order valence-corrected chi connectivity index (χ2v) is 4.60. The Kier molecular flexibility index (Phi) is 3.53. The van der Waals surface area contributed by atoms with Crippen LogP contribution in [0.5, 0.6) is 0 Å². The van der Waals surface area contributed by atoms with E-state index < -0.39 is 0 Å². The monoisotopic (exact) mass is 249 g/mol. The van der Waals surface area contributed by atoms with E-state index in [-0.39, 0.29) is 0 Å². The Morgan fingerprint density at radius 1 is 1.18 bits per heavy atom. The zero-order chi connectivity index (χ0) is 12.3. The highest BCUT2D eigenvalue weighted by atomic mass is 32.1. The van der Waals surface area contributed by atoms with Crippen LogP contribution in [-0.2, 0) is 6.54 Å². The van der Waals surface area contributed by atoms with Crippen molar-refractivity contribution in [2.45, 2.75) is 20.4 Å². The Morgan fingerprint density at radius 2 is 1.94 bits per heavy atom. The summed E-state index contributed by atoms with van der Waals surface area (Å²) in [6.07, 6.45) is 1.56. The minimum absolute atomic E-state index is 0.748. The number of hydrogen-bond donors (Lipinski definition) is 2. The van der Waals surface area contributed by atoms with Gasteiger partial charge in [0.2, 0.25) is 0 Å². The standard InChI is InChI=1S/C11H15N5S/c1-7-10(12-3)14-5-15-11(7)13-4-9-8(2)16-6-17-9/h5-6H,4H2,1-3H3,(H2,12,13,14,15). The molecule has 90 valence electrons. The molecule has 0 spiro atoms. The number of hydrogen-bond acceptors (Lipinski definition) is 6. The third-order valence-electron chi connectivity index (χ3n) is 2.58. The Bertz CT molecular complexity index is 508. The fourth-order valence-corrected chi connectivity index (χ4v) is 2.26. The van der Waals surface area contributed by atoms with E-state index >= 15 is 0 Å². The van der Waals surface area contributed by atoms with Gasteiger partial charge in [0, 0.05) is 17.5 Å². The molecule has 2 aromatic heterocycles. The molecule has 0 amide bonds. The van der Waals surface area contributed by atoms with Gasteiger partial charge in [0.05, 0.1) is 17.7 Å². The van der Waals surface area contributed by atoms with Gasteiger partial charge in [0.1, 0.15) is 18.0 Å². The maximum atomic E-state index is 4.24. The van der Waals surface area contributed by atoms with Gasteiger partial charge in [-0.1, -0.05) is 0 Å². The Labute approximate surface area is 104 Å². The molecule has 0 aliphatic rings. The van der Waals surface area contributed by atoms with E-state index in [2.05, 4.69) is 25.6 Å². The quantitative estimate of drug-likeness (QED) is 0.869. The average molecular weight is 249 g/mol. The van der Waals surface area contributed by atoms with Crippen molar-refractivity contribution in [2.24, 2.45) is 0 Å². The van der Waals surface area contributed by atoms with Crippen LogP contribution in [0.2, 0.25) is 0 Å². The smallest absolute Gasteiger partial charge is 0.134 e. The minimum Gasteiger partial charge on any atom is -0.373 e. The van der Waals surface area contributed by atoms with Crippen molar-refractivity contribution in [2.75, 3.05) is 17.7 Å². The molecule has 2 N–H and O–H groups in total. The summed E-state index contributed by atoms with van der Waals surface area (Å²) in [5.41, 5.74) is 3.96. The lowest BCUT2D eigenvalue weighted by Gasteiger charge is -2.10. The van der Waals surface area contributed by atoms with Crippen molar-refractivity contribution >= 4 is 23.0 Å². The summed E-state index contributed by atoms with van der Waals surface area (Å²) in [6.45, 7) is 4.75. The Balaban J connectivity index is 2.12. The zero-order valence-electron chi connectivity index (χ0n) is 10.1. The molecule has 5 nitrogen and oxygen atoms in total. The summed E-state index contributed by atoms with van der Waals surface area (Å²) in [4.78, 5) is 13.8. The lowest BCUT2D eigenvalue weighted by Crippen LogP contribution is -2.06. The van der Waals surface area contributed by atoms with Gasteiger partial charge in [0.15, 0.2) is 0 Å². The van der Waals surface area contributed by atoms with Crippen molar-refractivity contribution in [3.63, 3.8) is 0 Å². The van der Waals surface area contributed by atoms with Gasteiger partial charge < -0.3 is 10.6 Å². The minimum atomic E-state index is 0.748. The molecular weight excluding hydrogens is 234 g/mol. The van der Waals surface area contributed by atoms with E-state index in [4.69, 9.17) is 0 Å². The normalized spacial score (nSPS) is 10.3. The number of thiazole rings is 1. The van der Waals surface area contributed by atoms with E-state index in [0.29, 0.717) is 0 Å². The van der Waals surface area contributed by atoms with Crippen LogP contribution in [0, 0.1) is 13.8 Å². The second kappa shape index (κ2) is 5.09. The number of rotatable bonds is 4. The van der Waals surface area contributed by atoms with Crippen molar-refractivity contribution < 1.29 is 0 Å². The molecule has 0 bridgehead atoms. The lowest BCUT2D eigenvalue weighted by molar-refractivity contribution is 1.05. The number of aromatic nitrogens is 3. The van der Waals surface area contributed by atoms with Crippen LogP contribution in [0.15, 0.2) is 11.8 Å². The molecule has 0 atom stereocenters. The first-order valence-corrected chi connectivity index (χ1v) is 6.22. The maximum Gasteiger partial charge on any atom is 0.134 e. The highest BCUT2D eigenvalue weighted by Gasteiger charge is 2.06. The summed E-state index contributed by atoms with van der Waals surface area (Å²) in [7, 11) is 1.85. The Hall–Kier alpha value is -1.69. The molecule has 2 aromatic rings. The third kappa shape index (κ3) is 2.52. The first kappa shape index (κ1) is 11.8. The van der Waals surface area contributed by atoms with Crippen LogP contribution in [-0.4, -0.2) is 22.0 Å². The first-order valence-electron chi connectivity index (χ1n) is 5.34. The number of nitrogens with one attached hydrogen (secondary N) is 2. The van der Waals surface area contributed by atoms with Crippen molar-refractivity contribution in [3.8, 4) is 0 Å². The highest BCUT2D eigenvalue weighted by Crippen LogP contribution is 2.19. The van der Waals surface area contributed by atoms with E-state index in [1.807, 2.05) is 26.4 Å². The van der Waals surface area contributed by atoms with Crippen LogP contribution < -0.4 is 10.6 Å². The average Bonchev–Trinajstić information content (AvgIpc) is 2.74. The van der Waals surface area contributed by atoms with Crippen LogP contribution >= 0.6 is 11.3 Å². The van der Waals surface area contributed by atoms with Crippen molar-refractivity contribution in [3.05, 3.63) is 28.0 Å². The van der Waals surface area contributed by atoms with Crippen LogP contribution in [0.1, 0.15) is 16.1 Å². The summed E-state index contributed by atoms with van der Waals surface area (Å²) >= 11 is 1.65. The predicted molar refractivity (Wildman–Crippen MR) is 70.5 cm³/mol. The fraction of sp³-hybridized carbons (Fsp3) is 0.364. The second-order valence-electron chi connectivity index (χ2n) is 3.66. The van der Waals surface area contributed by atoms with Crippen molar-refractivity contribution in [1.29, 1.82) is 0 Å². The molecule has 2 rings (SSSR count). The molecule has 0 radical (unpaired) electrons. The zero-order valence-corrected chi connectivity index (χ0v) is 10.9. The largest absolute Gasteiger partial charge is 0.373 e. The van der Waals surface area contributed by atoms with Crippen molar-refractivity contribution in [1.82, 2.24) is 15.0 Å². The Morgan fingerprint density at radius 3 is 2.59 bits per heavy atom. The van der Waals surface area contributed by atoms with Gasteiger partial charge in [-0.05, 0) is 13.8 Å².